The lowest BCUT2D eigenvalue weighted by molar-refractivity contribution is -0.0411. The van der Waals surface area contributed by atoms with Crippen LogP contribution in [-0.2, 0) is 10.0 Å². The van der Waals surface area contributed by atoms with Crippen LogP contribution in [0, 0.1) is 23.7 Å². The molecule has 0 aromatic heterocycles. The third-order valence-electron chi connectivity index (χ3n) is 7.45. The monoisotopic (exact) mass is 433 g/mol. The largest absolute Gasteiger partial charge is 0.396 e. The van der Waals surface area contributed by atoms with E-state index in [0.29, 0.717) is 34.7 Å². The van der Waals surface area contributed by atoms with Crippen molar-refractivity contribution in [3.05, 3.63) is 41.4 Å². The molecular weight excluding hydrogens is 406 g/mol. The fourth-order valence-corrected chi connectivity index (χ4v) is 8.61. The van der Waals surface area contributed by atoms with Crippen LogP contribution in [0.2, 0.25) is 5.02 Å². The number of hydrogen-bond donors (Lipinski definition) is 1. The van der Waals surface area contributed by atoms with Crippen LogP contribution in [0.4, 0.5) is 0 Å². The Morgan fingerprint density at radius 1 is 1.00 bits per heavy atom. The second-order valence-electron chi connectivity index (χ2n) is 9.24. The summed E-state index contributed by atoms with van der Waals surface area (Å²) >= 11 is 6.27. The SMILES string of the molecule is O=S(=O)(c1ccc2c(Cl)cccc2c1)N(CCCO)C1C2CC3CC(C2)CC1C3. The molecule has 0 unspecified atom stereocenters. The zero-order valence-corrected chi connectivity index (χ0v) is 18.1. The number of aliphatic hydroxyl groups is 1. The van der Waals surface area contributed by atoms with Crippen LogP contribution in [-0.4, -0.2) is 37.0 Å². The molecule has 1 N–H and O–H groups in total. The first-order valence-corrected chi connectivity index (χ1v) is 12.6. The molecule has 2 aromatic rings. The van der Waals surface area contributed by atoms with Gasteiger partial charge in [0.25, 0.3) is 0 Å². The smallest absolute Gasteiger partial charge is 0.243 e. The van der Waals surface area contributed by atoms with Crippen LogP contribution in [0.15, 0.2) is 41.3 Å². The molecule has 6 rings (SSSR count). The molecule has 4 nitrogen and oxygen atoms in total. The van der Waals surface area contributed by atoms with Gasteiger partial charge in [-0.25, -0.2) is 8.42 Å². The zero-order valence-electron chi connectivity index (χ0n) is 16.5. The Morgan fingerprint density at radius 2 is 1.69 bits per heavy atom. The molecule has 29 heavy (non-hydrogen) atoms. The Bertz CT molecular complexity index is 994. The highest BCUT2D eigenvalue weighted by molar-refractivity contribution is 7.89. The van der Waals surface area contributed by atoms with E-state index < -0.39 is 10.0 Å². The topological polar surface area (TPSA) is 57.6 Å². The van der Waals surface area contributed by atoms with Gasteiger partial charge in [0.15, 0.2) is 0 Å². The molecule has 4 fully saturated rings. The van der Waals surface area contributed by atoms with Crippen LogP contribution >= 0.6 is 11.6 Å². The maximum absolute atomic E-state index is 13.8. The van der Waals surface area contributed by atoms with Crippen LogP contribution < -0.4 is 0 Å². The van der Waals surface area contributed by atoms with Crippen molar-refractivity contribution < 1.29 is 13.5 Å². The standard InChI is InChI=1S/C23H28ClNO3S/c24-22-4-1-3-17-14-20(5-6-21(17)22)29(27,28)25(7-2-8-26)23-18-10-15-9-16(12-18)13-19(23)11-15/h1,3-6,14-16,18-19,23,26H,2,7-13H2. The van der Waals surface area contributed by atoms with Crippen molar-refractivity contribution in [3.63, 3.8) is 0 Å². The molecule has 0 heterocycles. The summed E-state index contributed by atoms with van der Waals surface area (Å²) in [5.41, 5.74) is 0. The van der Waals surface area contributed by atoms with Crippen LogP contribution in [0.1, 0.15) is 38.5 Å². The number of sulfonamides is 1. The average molecular weight is 434 g/mol. The van der Waals surface area contributed by atoms with Crippen molar-refractivity contribution in [3.8, 4) is 0 Å². The van der Waals surface area contributed by atoms with E-state index in [0.717, 1.165) is 48.3 Å². The number of benzene rings is 2. The van der Waals surface area contributed by atoms with Crippen molar-refractivity contribution >= 4 is 32.4 Å². The first-order valence-electron chi connectivity index (χ1n) is 10.8. The molecule has 4 aliphatic carbocycles. The minimum absolute atomic E-state index is 0.00660. The highest BCUT2D eigenvalue weighted by atomic mass is 35.5. The lowest BCUT2D eigenvalue weighted by Gasteiger charge is -2.56. The van der Waals surface area contributed by atoms with Gasteiger partial charge in [0.2, 0.25) is 10.0 Å². The van der Waals surface area contributed by atoms with E-state index >= 15 is 0 Å². The number of rotatable bonds is 6. The van der Waals surface area contributed by atoms with Crippen molar-refractivity contribution in [2.45, 2.75) is 49.5 Å². The maximum atomic E-state index is 13.8. The lowest BCUT2D eigenvalue weighted by atomic mass is 9.54. The lowest BCUT2D eigenvalue weighted by Crippen LogP contribution is -2.57. The van der Waals surface area contributed by atoms with Gasteiger partial charge in [-0.3, -0.25) is 0 Å². The van der Waals surface area contributed by atoms with Crippen LogP contribution in [0.25, 0.3) is 10.8 Å². The summed E-state index contributed by atoms with van der Waals surface area (Å²) in [6.07, 6.45) is 6.47. The second-order valence-corrected chi connectivity index (χ2v) is 11.5. The number of nitrogens with zero attached hydrogens (tertiary/aromatic N) is 1. The fourth-order valence-electron chi connectivity index (χ4n) is 6.54. The first-order chi connectivity index (χ1) is 14.0. The molecule has 4 bridgehead atoms. The number of halogens is 1. The Morgan fingerprint density at radius 3 is 2.34 bits per heavy atom. The summed E-state index contributed by atoms with van der Waals surface area (Å²) < 4.78 is 29.4. The highest BCUT2D eigenvalue weighted by Gasteiger charge is 2.52. The van der Waals surface area contributed by atoms with Gasteiger partial charge in [0.1, 0.15) is 0 Å². The molecule has 0 atom stereocenters. The molecule has 2 aromatic carbocycles. The van der Waals surface area contributed by atoms with Gasteiger partial charge >= 0.3 is 0 Å². The number of hydrogen-bond acceptors (Lipinski definition) is 3. The Kier molecular flexibility index (Phi) is 5.14. The minimum atomic E-state index is -3.64. The molecule has 0 aliphatic heterocycles. The predicted molar refractivity (Wildman–Crippen MR) is 115 cm³/mol. The molecule has 0 spiro atoms. The van der Waals surface area contributed by atoms with Crippen molar-refractivity contribution in [2.24, 2.45) is 23.7 Å². The van der Waals surface area contributed by atoms with Crippen molar-refractivity contribution in [1.82, 2.24) is 4.31 Å². The van der Waals surface area contributed by atoms with E-state index in [1.54, 1.807) is 16.4 Å². The van der Waals surface area contributed by atoms with Crippen LogP contribution in [0.5, 0.6) is 0 Å². The molecule has 0 radical (unpaired) electrons. The Hall–Kier alpha value is -1.14. The van der Waals surface area contributed by atoms with E-state index in [1.807, 2.05) is 24.3 Å². The maximum Gasteiger partial charge on any atom is 0.243 e. The van der Waals surface area contributed by atoms with E-state index in [9.17, 15) is 13.5 Å². The van der Waals surface area contributed by atoms with E-state index in [1.165, 1.54) is 6.42 Å². The summed E-state index contributed by atoms with van der Waals surface area (Å²) in [5, 5.41) is 11.8. The van der Waals surface area contributed by atoms with E-state index in [2.05, 4.69) is 0 Å². The zero-order chi connectivity index (χ0) is 20.2. The molecular formula is C23H28ClNO3S. The minimum Gasteiger partial charge on any atom is -0.396 e. The Balaban J connectivity index is 1.53. The third-order valence-corrected chi connectivity index (χ3v) is 9.67. The third kappa shape index (κ3) is 3.40. The summed E-state index contributed by atoms with van der Waals surface area (Å²) in [5.74, 6) is 2.52. The van der Waals surface area contributed by atoms with Crippen molar-refractivity contribution in [1.29, 1.82) is 0 Å². The average Bonchev–Trinajstić information content (AvgIpc) is 2.69. The molecule has 4 saturated carbocycles. The highest BCUT2D eigenvalue weighted by Crippen LogP contribution is 2.55. The molecule has 156 valence electrons. The summed E-state index contributed by atoms with van der Waals surface area (Å²) in [4.78, 5) is 0.332. The predicted octanol–water partition coefficient (Wildman–Crippen LogP) is 4.69. The summed E-state index contributed by atoms with van der Waals surface area (Å²) in [6.45, 7) is 0.395. The number of fused-ring (bicyclic) bond motifs is 1. The molecule has 0 amide bonds. The normalized spacial score (nSPS) is 31.1. The second kappa shape index (κ2) is 7.52. The van der Waals surface area contributed by atoms with Gasteiger partial charge in [-0.15, -0.1) is 0 Å². The van der Waals surface area contributed by atoms with Crippen molar-refractivity contribution in [2.75, 3.05) is 13.2 Å². The van der Waals surface area contributed by atoms with Gasteiger partial charge < -0.3 is 5.11 Å². The Labute approximate surface area is 177 Å². The summed E-state index contributed by atoms with van der Waals surface area (Å²) in [6, 6.07) is 10.9. The van der Waals surface area contributed by atoms with E-state index in [-0.39, 0.29) is 12.6 Å². The summed E-state index contributed by atoms with van der Waals surface area (Å²) in [7, 11) is -3.64. The van der Waals surface area contributed by atoms with Gasteiger partial charge in [0.05, 0.1) is 4.90 Å². The number of aliphatic hydroxyl groups excluding tert-OH is 1. The van der Waals surface area contributed by atoms with E-state index in [4.69, 9.17) is 11.6 Å². The van der Waals surface area contributed by atoms with Gasteiger partial charge in [-0.2, -0.15) is 4.31 Å². The quantitative estimate of drug-likeness (QED) is 0.718. The first kappa shape index (κ1) is 19.8. The fraction of sp³-hybridized carbons (Fsp3) is 0.565. The van der Waals surface area contributed by atoms with Gasteiger partial charge in [-0.1, -0.05) is 29.8 Å². The molecule has 6 heteroatoms. The molecule has 4 aliphatic rings. The van der Waals surface area contributed by atoms with Gasteiger partial charge in [-0.05, 0) is 85.8 Å². The van der Waals surface area contributed by atoms with Crippen LogP contribution in [0.3, 0.4) is 0 Å². The molecule has 0 saturated heterocycles. The van der Waals surface area contributed by atoms with Gasteiger partial charge in [0, 0.05) is 29.6 Å².